The van der Waals surface area contributed by atoms with Crippen molar-refractivity contribution in [2.24, 2.45) is 0 Å². The van der Waals surface area contributed by atoms with Crippen LogP contribution in [-0.2, 0) is 16.1 Å². The minimum Gasteiger partial charge on any atom is -0.465 e. The second-order valence-electron chi connectivity index (χ2n) is 7.20. The molecule has 0 aliphatic rings. The van der Waals surface area contributed by atoms with E-state index in [2.05, 4.69) is 10.3 Å². The van der Waals surface area contributed by atoms with Crippen LogP contribution in [0.5, 0.6) is 0 Å². The molecule has 4 rings (SSSR count). The number of carbonyl (C=O) groups excluding carboxylic acids is 2. The molecular weight excluding hydrogens is 484 g/mol. The molecule has 0 radical (unpaired) electrons. The molecule has 0 aliphatic heterocycles. The van der Waals surface area contributed by atoms with Gasteiger partial charge in [0.1, 0.15) is 12.4 Å². The zero-order valence-electron chi connectivity index (χ0n) is 17.6. The van der Waals surface area contributed by atoms with Crippen molar-refractivity contribution in [3.8, 4) is 11.3 Å². The van der Waals surface area contributed by atoms with E-state index in [-0.39, 0.29) is 27.5 Å². The van der Waals surface area contributed by atoms with Crippen molar-refractivity contribution >= 4 is 51.7 Å². The number of fused-ring (bicyclic) bond motifs is 1. The van der Waals surface area contributed by atoms with Gasteiger partial charge in [0.2, 0.25) is 5.91 Å². The number of methoxy groups -OCH3 is 1. The summed E-state index contributed by atoms with van der Waals surface area (Å²) in [6.45, 7) is -0.426. The Labute approximate surface area is 202 Å². The lowest BCUT2D eigenvalue weighted by Crippen LogP contribution is -2.30. The maximum absolute atomic E-state index is 14.5. The van der Waals surface area contributed by atoms with Gasteiger partial charge in [0.15, 0.2) is 0 Å². The fourth-order valence-electron chi connectivity index (χ4n) is 3.50. The molecule has 0 fully saturated rings. The van der Waals surface area contributed by atoms with E-state index >= 15 is 0 Å². The summed E-state index contributed by atoms with van der Waals surface area (Å²) in [5.74, 6) is -1.85. The summed E-state index contributed by atoms with van der Waals surface area (Å²) in [4.78, 5) is 41.8. The van der Waals surface area contributed by atoms with Gasteiger partial charge in [-0.2, -0.15) is 4.98 Å². The van der Waals surface area contributed by atoms with Crippen LogP contribution in [0, 0.1) is 5.82 Å². The number of rotatable bonds is 5. The lowest BCUT2D eigenvalue weighted by molar-refractivity contribution is -0.116. The van der Waals surface area contributed by atoms with Crippen LogP contribution in [-0.4, -0.2) is 28.5 Å². The third kappa shape index (κ3) is 4.64. The van der Waals surface area contributed by atoms with Gasteiger partial charge >= 0.3 is 11.7 Å². The normalized spacial score (nSPS) is 10.8. The minimum absolute atomic E-state index is 0.0559. The first kappa shape index (κ1) is 23.4. The first-order chi connectivity index (χ1) is 16.3. The van der Waals surface area contributed by atoms with Gasteiger partial charge in [0, 0.05) is 21.0 Å². The van der Waals surface area contributed by atoms with Crippen molar-refractivity contribution in [3.05, 3.63) is 92.6 Å². The van der Waals surface area contributed by atoms with E-state index in [9.17, 15) is 18.8 Å². The largest absolute Gasteiger partial charge is 0.465 e. The lowest BCUT2D eigenvalue weighted by atomic mass is 10.1. The number of anilines is 1. The van der Waals surface area contributed by atoms with Crippen LogP contribution in [0.2, 0.25) is 10.0 Å². The maximum Gasteiger partial charge on any atom is 0.349 e. The molecule has 0 bridgehead atoms. The van der Waals surface area contributed by atoms with Crippen molar-refractivity contribution in [1.82, 2.24) is 9.55 Å². The summed E-state index contributed by atoms with van der Waals surface area (Å²) in [6, 6.07) is 14.9. The van der Waals surface area contributed by atoms with E-state index in [0.29, 0.717) is 15.9 Å². The second-order valence-corrected chi connectivity index (χ2v) is 8.07. The molecule has 0 aliphatic carbocycles. The highest BCUT2D eigenvalue weighted by Gasteiger charge is 2.19. The van der Waals surface area contributed by atoms with E-state index in [0.717, 1.165) is 4.57 Å². The SMILES string of the molecule is COC(=O)c1cc(Cl)ccc1NC(=O)Cn1c(=O)nc(-c2ccccc2F)c2cc(Cl)ccc21. The van der Waals surface area contributed by atoms with Gasteiger partial charge in [-0.3, -0.25) is 9.36 Å². The molecular formula is C24H16Cl2FN3O4. The van der Waals surface area contributed by atoms with Gasteiger partial charge in [-0.15, -0.1) is 0 Å². The van der Waals surface area contributed by atoms with Crippen LogP contribution in [0.1, 0.15) is 10.4 Å². The van der Waals surface area contributed by atoms with E-state index in [1.165, 1.54) is 43.5 Å². The van der Waals surface area contributed by atoms with Crippen LogP contribution >= 0.6 is 23.2 Å². The van der Waals surface area contributed by atoms with Gasteiger partial charge in [0.05, 0.1) is 29.6 Å². The first-order valence-corrected chi connectivity index (χ1v) is 10.7. The molecule has 172 valence electrons. The van der Waals surface area contributed by atoms with Gasteiger partial charge in [-0.1, -0.05) is 35.3 Å². The third-order valence-corrected chi connectivity index (χ3v) is 5.50. The highest BCUT2D eigenvalue weighted by atomic mass is 35.5. The Kier molecular flexibility index (Phi) is 6.63. The number of hydrogen-bond acceptors (Lipinski definition) is 5. The number of nitrogens with one attached hydrogen (secondary N) is 1. The standard InChI is InChI=1S/C24H16Cl2FN3O4/c1-34-23(32)16-10-13(25)6-8-19(16)28-21(31)12-30-20-9-7-14(26)11-17(20)22(29-24(30)33)15-4-2-3-5-18(15)27/h2-11H,12H2,1H3,(H,28,31). The van der Waals surface area contributed by atoms with E-state index in [1.54, 1.807) is 24.3 Å². The number of amides is 1. The van der Waals surface area contributed by atoms with Crippen molar-refractivity contribution in [2.45, 2.75) is 6.54 Å². The van der Waals surface area contributed by atoms with Crippen molar-refractivity contribution < 1.29 is 18.7 Å². The molecule has 1 amide bonds. The number of esters is 1. The Balaban J connectivity index is 1.76. The molecule has 7 nitrogen and oxygen atoms in total. The fraction of sp³-hybridized carbons (Fsp3) is 0.0833. The summed E-state index contributed by atoms with van der Waals surface area (Å²) in [6.07, 6.45) is 0. The molecule has 34 heavy (non-hydrogen) atoms. The second kappa shape index (κ2) is 9.62. The number of aromatic nitrogens is 2. The van der Waals surface area contributed by atoms with Gasteiger partial charge < -0.3 is 10.1 Å². The molecule has 0 spiro atoms. The van der Waals surface area contributed by atoms with Gasteiger partial charge in [-0.25, -0.2) is 14.0 Å². The summed E-state index contributed by atoms with van der Waals surface area (Å²) in [5.41, 5.74) is 0.0443. The van der Waals surface area contributed by atoms with Crippen LogP contribution in [0.25, 0.3) is 22.2 Å². The molecule has 0 saturated heterocycles. The number of carbonyl (C=O) groups is 2. The van der Waals surface area contributed by atoms with E-state index in [4.69, 9.17) is 27.9 Å². The molecule has 1 N–H and O–H groups in total. The molecule has 1 aromatic heterocycles. The molecule has 1 heterocycles. The highest BCUT2D eigenvalue weighted by molar-refractivity contribution is 6.31. The van der Waals surface area contributed by atoms with Crippen molar-refractivity contribution in [2.75, 3.05) is 12.4 Å². The van der Waals surface area contributed by atoms with E-state index < -0.39 is 29.9 Å². The van der Waals surface area contributed by atoms with Crippen LogP contribution in [0.4, 0.5) is 10.1 Å². The number of hydrogen-bond donors (Lipinski definition) is 1. The zero-order chi connectivity index (χ0) is 24.4. The van der Waals surface area contributed by atoms with Crippen LogP contribution < -0.4 is 11.0 Å². The average molecular weight is 500 g/mol. The minimum atomic E-state index is -0.757. The van der Waals surface area contributed by atoms with Crippen LogP contribution in [0.3, 0.4) is 0 Å². The van der Waals surface area contributed by atoms with Crippen LogP contribution in [0.15, 0.2) is 65.5 Å². The van der Waals surface area contributed by atoms with Gasteiger partial charge in [0.25, 0.3) is 0 Å². The smallest absolute Gasteiger partial charge is 0.349 e. The lowest BCUT2D eigenvalue weighted by Gasteiger charge is -2.14. The predicted molar refractivity (Wildman–Crippen MR) is 128 cm³/mol. The fourth-order valence-corrected chi connectivity index (χ4v) is 3.85. The topological polar surface area (TPSA) is 90.3 Å². The molecule has 4 aromatic rings. The summed E-state index contributed by atoms with van der Waals surface area (Å²) in [7, 11) is 1.20. The Morgan fingerprint density at radius 2 is 1.76 bits per heavy atom. The van der Waals surface area contributed by atoms with E-state index in [1.807, 2.05) is 0 Å². The van der Waals surface area contributed by atoms with Crippen molar-refractivity contribution in [1.29, 1.82) is 0 Å². The quantitative estimate of drug-likeness (QED) is 0.393. The maximum atomic E-state index is 14.5. The monoisotopic (exact) mass is 499 g/mol. The summed E-state index contributed by atoms with van der Waals surface area (Å²) < 4.78 is 20.3. The molecule has 10 heteroatoms. The molecule has 0 atom stereocenters. The Morgan fingerprint density at radius 3 is 2.50 bits per heavy atom. The molecule has 0 saturated carbocycles. The summed E-state index contributed by atoms with van der Waals surface area (Å²) in [5, 5.41) is 3.62. The number of halogens is 3. The summed E-state index contributed by atoms with van der Waals surface area (Å²) >= 11 is 12.1. The Bertz CT molecular complexity index is 1500. The Morgan fingerprint density at radius 1 is 1.06 bits per heavy atom. The Hall–Kier alpha value is -3.75. The number of nitrogens with zero attached hydrogens (tertiary/aromatic N) is 2. The number of ether oxygens (including phenoxy) is 1. The predicted octanol–water partition coefficient (Wildman–Crippen LogP) is 4.93. The zero-order valence-corrected chi connectivity index (χ0v) is 19.2. The molecule has 3 aromatic carbocycles. The molecule has 0 unspecified atom stereocenters. The highest BCUT2D eigenvalue weighted by Crippen LogP contribution is 2.29. The average Bonchev–Trinajstić information content (AvgIpc) is 2.81. The van der Waals surface area contributed by atoms with Crippen molar-refractivity contribution in [3.63, 3.8) is 0 Å². The third-order valence-electron chi connectivity index (χ3n) is 5.03. The number of benzene rings is 3. The first-order valence-electron chi connectivity index (χ1n) is 9.91. The van der Waals surface area contributed by atoms with Gasteiger partial charge in [-0.05, 0) is 48.5 Å².